The number of ether oxygens (including phenoxy) is 9. The Morgan fingerprint density at radius 3 is 2.02 bits per heavy atom. The minimum atomic E-state index is -2.02. The SMILES string of the molecule is O=C(/C=C/c1ccc(O)c(O)c1)O[C@H]1[C@H](O[C@@H]2O[C@H](CO)[C@@H](O)[C@H](O)[C@H]2O)[C@@H](O[C@H]2C[C@@H](O)[C@@H](O)CO2)[C@H](OCCc2ccc(O)c(O)c2)O[C@@H]1CO[C@@H]1OC[C@@H](O)[C@H](O)[C@H]1O. The second-order valence-corrected chi connectivity index (χ2v) is 15.1. The first kappa shape index (κ1) is 47.6. The number of aliphatic hydroxyl groups excluding tert-OH is 9. The average Bonchev–Trinajstić information content (AvgIpc) is 3.24. The maximum Gasteiger partial charge on any atom is 0.331 e. The van der Waals surface area contributed by atoms with Crippen LogP contribution in [0.25, 0.3) is 6.08 Å². The van der Waals surface area contributed by atoms with Gasteiger partial charge in [-0.15, -0.1) is 0 Å². The lowest BCUT2D eigenvalue weighted by atomic mass is 9.96. The normalized spacial score (nSPS) is 37.9. The first-order chi connectivity index (χ1) is 29.5. The van der Waals surface area contributed by atoms with Crippen molar-refractivity contribution < 1.29 is 114 Å². The molecule has 0 bridgehead atoms. The Balaban J connectivity index is 1.38. The predicted octanol–water partition coefficient (Wildman–Crippen LogP) is -4.09. The number of benzene rings is 2. The Morgan fingerprint density at radius 2 is 1.32 bits per heavy atom. The summed E-state index contributed by atoms with van der Waals surface area (Å²) in [5, 5.41) is 133. The van der Waals surface area contributed by atoms with Crippen molar-refractivity contribution in [1.29, 1.82) is 0 Å². The van der Waals surface area contributed by atoms with E-state index in [1.807, 2.05) is 0 Å². The molecule has 23 heteroatoms. The highest BCUT2D eigenvalue weighted by Gasteiger charge is 2.55. The molecule has 0 saturated carbocycles. The highest BCUT2D eigenvalue weighted by atomic mass is 16.8. The summed E-state index contributed by atoms with van der Waals surface area (Å²) in [6.45, 7) is -2.60. The van der Waals surface area contributed by atoms with Gasteiger partial charge in [-0.25, -0.2) is 4.79 Å². The van der Waals surface area contributed by atoms with Crippen LogP contribution in [0.5, 0.6) is 23.0 Å². The van der Waals surface area contributed by atoms with Crippen molar-refractivity contribution in [3.63, 3.8) is 0 Å². The molecule has 23 nitrogen and oxygen atoms in total. The molecule has 0 amide bonds. The largest absolute Gasteiger partial charge is 0.504 e. The Hall–Kier alpha value is -3.83. The molecule has 0 spiro atoms. The van der Waals surface area contributed by atoms with Crippen LogP contribution in [-0.4, -0.2) is 210 Å². The first-order valence-electron chi connectivity index (χ1n) is 19.6. The van der Waals surface area contributed by atoms with Gasteiger partial charge >= 0.3 is 5.97 Å². The maximum atomic E-state index is 13.7. The van der Waals surface area contributed by atoms with E-state index in [4.69, 9.17) is 42.6 Å². The molecule has 346 valence electrons. The molecule has 4 aliphatic heterocycles. The Kier molecular flexibility index (Phi) is 16.3. The number of phenols is 4. The minimum Gasteiger partial charge on any atom is -0.504 e. The van der Waals surface area contributed by atoms with Crippen molar-refractivity contribution in [1.82, 2.24) is 0 Å². The third-order valence-corrected chi connectivity index (χ3v) is 10.6. The fourth-order valence-corrected chi connectivity index (χ4v) is 7.05. The Bertz CT molecular complexity index is 1800. The number of esters is 1. The molecule has 0 unspecified atom stereocenters. The van der Waals surface area contributed by atoms with Crippen LogP contribution in [0, 0.1) is 0 Å². The topological polar surface area (TPSA) is 363 Å². The summed E-state index contributed by atoms with van der Waals surface area (Å²) in [6.07, 6.45) is -26.1. The molecule has 4 fully saturated rings. The first-order valence-corrected chi connectivity index (χ1v) is 19.6. The van der Waals surface area contributed by atoms with Gasteiger partial charge in [0.1, 0.15) is 67.1 Å². The molecule has 4 heterocycles. The van der Waals surface area contributed by atoms with Crippen LogP contribution in [0.4, 0.5) is 0 Å². The van der Waals surface area contributed by atoms with E-state index in [0.717, 1.165) is 12.1 Å². The van der Waals surface area contributed by atoms with E-state index < -0.39 is 154 Å². The van der Waals surface area contributed by atoms with Crippen LogP contribution < -0.4 is 0 Å². The van der Waals surface area contributed by atoms with Gasteiger partial charge < -0.3 is 109 Å². The van der Waals surface area contributed by atoms with Crippen LogP contribution >= 0.6 is 0 Å². The summed E-state index contributed by atoms with van der Waals surface area (Å²) < 4.78 is 53.4. The number of carbonyl (C=O) groups is 1. The quantitative estimate of drug-likeness (QED) is 0.0459. The number of phenolic OH excluding ortho intramolecular Hbond substituents is 4. The van der Waals surface area contributed by atoms with Crippen molar-refractivity contribution in [2.45, 2.75) is 117 Å². The van der Waals surface area contributed by atoms with E-state index in [9.17, 15) is 71.2 Å². The van der Waals surface area contributed by atoms with Crippen molar-refractivity contribution >= 4 is 12.0 Å². The number of hydrogen-bond acceptors (Lipinski definition) is 23. The highest BCUT2D eigenvalue weighted by molar-refractivity contribution is 5.87. The Morgan fingerprint density at radius 1 is 0.645 bits per heavy atom. The van der Waals surface area contributed by atoms with Gasteiger partial charge in [0, 0.05) is 12.5 Å². The van der Waals surface area contributed by atoms with Gasteiger partial charge in [-0.1, -0.05) is 12.1 Å². The molecule has 62 heavy (non-hydrogen) atoms. The van der Waals surface area contributed by atoms with Crippen molar-refractivity contribution in [2.75, 3.05) is 33.0 Å². The van der Waals surface area contributed by atoms with E-state index in [1.54, 1.807) is 0 Å². The summed E-state index contributed by atoms with van der Waals surface area (Å²) in [7, 11) is 0. The van der Waals surface area contributed by atoms with Gasteiger partial charge in [0.05, 0.1) is 39.1 Å². The number of aromatic hydroxyl groups is 4. The Labute approximate surface area is 352 Å². The molecule has 6 rings (SSSR count). The summed E-state index contributed by atoms with van der Waals surface area (Å²) in [5.74, 6) is -2.82. The lowest BCUT2D eigenvalue weighted by Crippen LogP contribution is -2.66. The minimum absolute atomic E-state index is 0.0724. The summed E-state index contributed by atoms with van der Waals surface area (Å²) in [5.41, 5.74) is 0.724. The smallest absolute Gasteiger partial charge is 0.331 e. The van der Waals surface area contributed by atoms with Crippen molar-refractivity contribution in [2.24, 2.45) is 0 Å². The van der Waals surface area contributed by atoms with E-state index >= 15 is 0 Å². The van der Waals surface area contributed by atoms with Gasteiger partial charge in [-0.05, 0) is 47.9 Å². The van der Waals surface area contributed by atoms with E-state index in [-0.39, 0.29) is 30.8 Å². The lowest BCUT2D eigenvalue weighted by Gasteiger charge is -2.49. The van der Waals surface area contributed by atoms with Gasteiger partial charge in [-0.3, -0.25) is 0 Å². The summed E-state index contributed by atoms with van der Waals surface area (Å²) >= 11 is 0. The molecule has 0 aliphatic carbocycles. The van der Waals surface area contributed by atoms with Crippen LogP contribution in [0.1, 0.15) is 17.5 Å². The second-order valence-electron chi connectivity index (χ2n) is 15.1. The monoisotopic (exact) mass is 888 g/mol. The van der Waals surface area contributed by atoms with Crippen LogP contribution in [0.15, 0.2) is 42.5 Å². The third kappa shape index (κ3) is 11.5. The molecular formula is C39H52O23. The van der Waals surface area contributed by atoms with Crippen LogP contribution in [0.2, 0.25) is 0 Å². The maximum absolute atomic E-state index is 13.7. The van der Waals surface area contributed by atoms with Gasteiger partial charge in [0.2, 0.25) is 0 Å². The highest BCUT2D eigenvalue weighted by Crippen LogP contribution is 2.36. The van der Waals surface area contributed by atoms with Crippen molar-refractivity contribution in [3.05, 3.63) is 53.6 Å². The predicted molar refractivity (Wildman–Crippen MR) is 200 cm³/mol. The molecular weight excluding hydrogens is 836 g/mol. The lowest BCUT2D eigenvalue weighted by molar-refractivity contribution is -0.383. The molecule has 4 saturated heterocycles. The van der Waals surface area contributed by atoms with E-state index in [1.165, 1.54) is 36.4 Å². The van der Waals surface area contributed by atoms with Crippen LogP contribution in [0.3, 0.4) is 0 Å². The zero-order valence-electron chi connectivity index (χ0n) is 32.8. The fraction of sp³-hybridized carbons (Fsp3) is 0.615. The van der Waals surface area contributed by atoms with Gasteiger partial charge in [-0.2, -0.15) is 0 Å². The molecule has 0 radical (unpaired) electrons. The number of carbonyl (C=O) groups excluding carboxylic acids is 1. The van der Waals surface area contributed by atoms with Crippen LogP contribution in [-0.2, 0) is 53.8 Å². The van der Waals surface area contributed by atoms with E-state index in [0.29, 0.717) is 5.56 Å². The number of rotatable bonds is 15. The number of aliphatic hydroxyl groups is 9. The molecule has 4 aliphatic rings. The molecule has 13 N–H and O–H groups in total. The fourth-order valence-electron chi connectivity index (χ4n) is 7.05. The zero-order chi connectivity index (χ0) is 44.8. The standard InChI is InChI=1S/C39H52O23/c40-12-25-30(50)31(51)33(53)38(58-25)62-35-34(60-27(48)6-3-16-1-4-18(41)20(43)9-16)26(15-57-37-32(52)29(49)24(47)14-56-37)59-39(36(35)61-28-11-22(45)23(46)13-55-28)54-8-7-17-2-5-19(42)21(44)10-17/h1-6,9-10,22-26,28-47,49-53H,7-8,11-15H2/b6-3+/t22-,23+,24-,25-,26-,28+,29+,30-,31+,32-,33-,34-,35+,36-,37+,38+,39-/m1/s1. The zero-order valence-corrected chi connectivity index (χ0v) is 32.8. The summed E-state index contributed by atoms with van der Waals surface area (Å²) in [6, 6.07) is 7.71. The number of hydrogen-bond donors (Lipinski definition) is 13. The van der Waals surface area contributed by atoms with Gasteiger partial charge in [0.15, 0.2) is 54.3 Å². The molecule has 17 atom stereocenters. The van der Waals surface area contributed by atoms with Gasteiger partial charge in [0.25, 0.3) is 0 Å². The molecule has 2 aromatic carbocycles. The van der Waals surface area contributed by atoms with E-state index in [2.05, 4.69) is 0 Å². The average molecular weight is 889 g/mol. The third-order valence-electron chi connectivity index (χ3n) is 10.6. The summed E-state index contributed by atoms with van der Waals surface area (Å²) in [4.78, 5) is 13.7. The second kappa shape index (κ2) is 21.2. The molecule has 0 aromatic heterocycles. The molecule has 2 aromatic rings. The van der Waals surface area contributed by atoms with Crippen molar-refractivity contribution in [3.8, 4) is 23.0 Å².